The molecule has 0 atom stereocenters. The first-order valence-electron chi connectivity index (χ1n) is 9.55. The lowest BCUT2D eigenvalue weighted by atomic mass is 9.98. The third kappa shape index (κ3) is 3.71. The van der Waals surface area contributed by atoms with Gasteiger partial charge in [0.1, 0.15) is 11.5 Å². The molecule has 2 heterocycles. The number of pyridine rings is 1. The van der Waals surface area contributed by atoms with Gasteiger partial charge in [-0.2, -0.15) is 9.99 Å². The van der Waals surface area contributed by atoms with E-state index in [0.717, 1.165) is 4.73 Å². The van der Waals surface area contributed by atoms with Gasteiger partial charge in [-0.25, -0.2) is 13.4 Å². The maximum atomic E-state index is 12.5. The molecule has 8 heteroatoms. The van der Waals surface area contributed by atoms with E-state index in [0.29, 0.717) is 45.3 Å². The molecule has 0 aromatic heterocycles. The fourth-order valence-corrected chi connectivity index (χ4v) is 4.24. The quantitative estimate of drug-likeness (QED) is 0.459. The van der Waals surface area contributed by atoms with E-state index in [1.165, 1.54) is 6.07 Å². The minimum atomic E-state index is -3.45. The molecule has 0 saturated heterocycles. The fraction of sp³-hybridized carbons (Fsp3) is 0.130. The van der Waals surface area contributed by atoms with E-state index < -0.39 is 9.84 Å². The molecule has 0 radical (unpaired) electrons. The first-order chi connectivity index (χ1) is 14.8. The van der Waals surface area contributed by atoms with Crippen molar-refractivity contribution in [2.45, 2.75) is 18.7 Å². The van der Waals surface area contributed by atoms with E-state index in [4.69, 9.17) is 10.00 Å². The van der Waals surface area contributed by atoms with Crippen molar-refractivity contribution in [1.82, 2.24) is 9.71 Å². The number of aromatic nitrogens is 2. The zero-order chi connectivity index (χ0) is 22.2. The van der Waals surface area contributed by atoms with Gasteiger partial charge in [-0.3, -0.25) is 0 Å². The number of ether oxygens (including phenoxy) is 1. The summed E-state index contributed by atoms with van der Waals surface area (Å²) in [6.07, 6.45) is 1.58. The van der Waals surface area contributed by atoms with Crippen LogP contribution in [0.5, 0.6) is 11.5 Å². The molecule has 0 saturated carbocycles. The van der Waals surface area contributed by atoms with Crippen molar-refractivity contribution in [2.24, 2.45) is 0 Å². The van der Waals surface area contributed by atoms with Crippen molar-refractivity contribution in [1.29, 1.82) is 5.26 Å². The van der Waals surface area contributed by atoms with Crippen LogP contribution in [0, 0.1) is 18.3 Å². The van der Waals surface area contributed by atoms with Gasteiger partial charge in [0.05, 0.1) is 28.0 Å². The molecular weight excluding hydrogens is 414 g/mol. The van der Waals surface area contributed by atoms with Crippen molar-refractivity contribution >= 4 is 9.84 Å². The number of sulfone groups is 1. The fourth-order valence-electron chi connectivity index (χ4n) is 3.34. The first-order valence-corrected chi connectivity index (χ1v) is 11.2. The number of nitriles is 1. The van der Waals surface area contributed by atoms with E-state index in [2.05, 4.69) is 11.1 Å². The summed E-state index contributed by atoms with van der Waals surface area (Å²) in [6.45, 7) is 3.32. The Bertz CT molecular complexity index is 1380. The van der Waals surface area contributed by atoms with Crippen LogP contribution in [0.1, 0.15) is 18.2 Å². The number of aryl methyl sites for hydroxylation is 1. The molecule has 2 aliphatic rings. The Kier molecular flexibility index (Phi) is 5.13. The molecule has 0 unspecified atom stereocenters. The van der Waals surface area contributed by atoms with Crippen LogP contribution in [0.4, 0.5) is 0 Å². The highest BCUT2D eigenvalue weighted by Gasteiger charge is 2.22. The Morgan fingerprint density at radius 1 is 1.06 bits per heavy atom. The standard InChI is InChI=1S/C23H19N3O4S/c1-3-31(28,29)18-8-9-22(30-17-6-4-16(14-24)5-7-17)21(13-18)20-12-15(2)26(27)23-19(20)10-11-25-23/h4-13,27H,3H2,1-2H3. The van der Waals surface area contributed by atoms with Gasteiger partial charge in [-0.05, 0) is 67.1 Å². The predicted molar refractivity (Wildman–Crippen MR) is 115 cm³/mol. The highest BCUT2D eigenvalue weighted by atomic mass is 32.2. The summed E-state index contributed by atoms with van der Waals surface area (Å²) >= 11 is 0. The molecule has 0 spiro atoms. The Morgan fingerprint density at radius 3 is 2.48 bits per heavy atom. The molecule has 0 fully saturated rings. The van der Waals surface area contributed by atoms with Crippen molar-refractivity contribution < 1.29 is 18.4 Å². The second-order valence-corrected chi connectivity index (χ2v) is 9.27. The number of fused-ring (bicyclic) bond motifs is 1. The Labute approximate surface area is 180 Å². The van der Waals surface area contributed by atoms with Crippen molar-refractivity contribution in [3.05, 3.63) is 72.1 Å². The smallest absolute Gasteiger partial charge is 0.178 e. The zero-order valence-corrected chi connectivity index (χ0v) is 17.7. The minimum absolute atomic E-state index is 0.0277. The topological polar surface area (TPSA) is 105 Å². The molecule has 2 aromatic carbocycles. The zero-order valence-electron chi connectivity index (χ0n) is 16.9. The van der Waals surface area contributed by atoms with Gasteiger partial charge >= 0.3 is 0 Å². The molecular formula is C23H19N3O4S. The molecule has 0 amide bonds. The summed E-state index contributed by atoms with van der Waals surface area (Å²) in [7, 11) is -3.45. The summed E-state index contributed by atoms with van der Waals surface area (Å²) in [5.41, 5.74) is 2.94. The van der Waals surface area contributed by atoms with E-state index in [9.17, 15) is 13.6 Å². The summed E-state index contributed by atoms with van der Waals surface area (Å²) in [4.78, 5) is 4.39. The Morgan fingerprint density at radius 2 is 1.81 bits per heavy atom. The SMILES string of the molecule is CCS(=O)(=O)c1ccc(Oc2ccc(C#N)cc2)c(-c2cc(C)n(O)c3nccc2-3)c1. The van der Waals surface area contributed by atoms with E-state index in [-0.39, 0.29) is 10.6 Å². The Balaban J connectivity index is 1.92. The molecule has 31 heavy (non-hydrogen) atoms. The van der Waals surface area contributed by atoms with Crippen LogP contribution in [0.3, 0.4) is 0 Å². The molecule has 0 aliphatic carbocycles. The molecule has 2 aromatic rings. The highest BCUT2D eigenvalue weighted by molar-refractivity contribution is 7.91. The summed E-state index contributed by atoms with van der Waals surface area (Å²) < 4.78 is 32.1. The number of hydrogen-bond donors (Lipinski definition) is 1. The van der Waals surface area contributed by atoms with Gasteiger partial charge < -0.3 is 9.94 Å². The van der Waals surface area contributed by atoms with Gasteiger partial charge in [0.15, 0.2) is 15.7 Å². The van der Waals surface area contributed by atoms with Crippen LogP contribution in [0.2, 0.25) is 0 Å². The van der Waals surface area contributed by atoms with Crippen molar-refractivity contribution in [2.75, 3.05) is 5.75 Å². The van der Waals surface area contributed by atoms with Gasteiger partial charge in [-0.1, -0.05) is 6.92 Å². The highest BCUT2D eigenvalue weighted by Crippen LogP contribution is 2.41. The second-order valence-electron chi connectivity index (χ2n) is 6.99. The van der Waals surface area contributed by atoms with Crippen LogP contribution in [0.15, 0.2) is 65.7 Å². The maximum absolute atomic E-state index is 12.5. The normalized spacial score (nSPS) is 11.4. The number of benzene rings is 2. The lowest BCUT2D eigenvalue weighted by Gasteiger charge is -2.18. The molecule has 4 rings (SSSR count). The van der Waals surface area contributed by atoms with E-state index in [1.54, 1.807) is 68.6 Å². The van der Waals surface area contributed by atoms with E-state index >= 15 is 0 Å². The van der Waals surface area contributed by atoms with Crippen molar-refractivity contribution in [3.63, 3.8) is 0 Å². The summed E-state index contributed by atoms with van der Waals surface area (Å²) in [5.74, 6) is 1.29. The molecule has 2 aliphatic heterocycles. The van der Waals surface area contributed by atoms with Gasteiger partial charge in [0.25, 0.3) is 0 Å². The van der Waals surface area contributed by atoms with Gasteiger partial charge in [0, 0.05) is 17.3 Å². The maximum Gasteiger partial charge on any atom is 0.178 e. The third-order valence-corrected chi connectivity index (χ3v) is 6.78. The third-order valence-electron chi connectivity index (χ3n) is 5.05. The lowest BCUT2D eigenvalue weighted by molar-refractivity contribution is 0.180. The largest absolute Gasteiger partial charge is 0.457 e. The average Bonchev–Trinajstić information content (AvgIpc) is 3.27. The first kappa shape index (κ1) is 20.4. The van der Waals surface area contributed by atoms with Crippen molar-refractivity contribution in [3.8, 4) is 40.1 Å². The average molecular weight is 433 g/mol. The molecule has 156 valence electrons. The van der Waals surface area contributed by atoms with Gasteiger partial charge in [-0.15, -0.1) is 0 Å². The second kappa shape index (κ2) is 7.78. The van der Waals surface area contributed by atoms with Crippen LogP contribution in [0.25, 0.3) is 22.5 Å². The van der Waals surface area contributed by atoms with Gasteiger partial charge in [0.2, 0.25) is 0 Å². The molecule has 1 N–H and O–H groups in total. The lowest BCUT2D eigenvalue weighted by Crippen LogP contribution is -2.06. The van der Waals surface area contributed by atoms with Crippen LogP contribution < -0.4 is 4.74 Å². The van der Waals surface area contributed by atoms with Crippen LogP contribution in [-0.2, 0) is 9.84 Å². The number of rotatable bonds is 5. The predicted octanol–water partition coefficient (Wildman–Crippen LogP) is 4.66. The minimum Gasteiger partial charge on any atom is -0.457 e. The van der Waals surface area contributed by atoms with E-state index in [1.807, 2.05) is 0 Å². The summed E-state index contributed by atoms with van der Waals surface area (Å²) in [5, 5.41) is 19.3. The Hall–Kier alpha value is -3.83. The van der Waals surface area contributed by atoms with Crippen LogP contribution >= 0.6 is 0 Å². The number of nitrogens with zero attached hydrogens (tertiary/aromatic N) is 3. The monoisotopic (exact) mass is 433 g/mol. The summed E-state index contributed by atoms with van der Waals surface area (Å²) in [6, 6.07) is 16.9. The molecule has 0 bridgehead atoms. The number of hydrogen-bond acceptors (Lipinski definition) is 6. The molecule has 7 nitrogen and oxygen atoms in total. The van der Waals surface area contributed by atoms with Crippen LogP contribution in [-0.4, -0.2) is 29.1 Å².